The van der Waals surface area contributed by atoms with Gasteiger partial charge in [0.1, 0.15) is 11.5 Å². The molecule has 3 amide bonds. The fourth-order valence-electron chi connectivity index (χ4n) is 2.05. The molecule has 2 rings (SSSR count). The number of hydrazine groups is 1. The highest BCUT2D eigenvalue weighted by Gasteiger charge is 2.12. The number of nitrogens with zero attached hydrogens (tertiary/aromatic N) is 1. The van der Waals surface area contributed by atoms with Gasteiger partial charge in [-0.3, -0.25) is 25.2 Å². The minimum Gasteiger partial charge on any atom is -0.507 e. The van der Waals surface area contributed by atoms with Crippen molar-refractivity contribution in [2.45, 2.75) is 13.3 Å². The number of phenols is 2. The molecule has 0 heterocycles. The zero-order chi connectivity index (χ0) is 19.8. The standard InChI is InChI=1S/C18H18N4O5/c1-11(19-21-17(26)12-6-2-4-8-14(12)23)10-16(25)20-22-18(27)13-7-3-5-9-15(13)24/h2-9,23-24H,10H2,1H3,(H,20,25)(H,21,26)(H,22,27)/b19-11+. The summed E-state index contributed by atoms with van der Waals surface area (Å²) in [6, 6.07) is 11.8. The van der Waals surface area contributed by atoms with Crippen molar-refractivity contribution in [3.8, 4) is 11.5 Å². The van der Waals surface area contributed by atoms with E-state index in [0.717, 1.165) is 0 Å². The van der Waals surface area contributed by atoms with Crippen LogP contribution in [0, 0.1) is 0 Å². The highest BCUT2D eigenvalue weighted by molar-refractivity contribution is 6.03. The Morgan fingerprint density at radius 1 is 0.852 bits per heavy atom. The van der Waals surface area contributed by atoms with E-state index in [9.17, 15) is 24.6 Å². The summed E-state index contributed by atoms with van der Waals surface area (Å²) in [4.78, 5) is 35.6. The van der Waals surface area contributed by atoms with Crippen molar-refractivity contribution in [3.05, 3.63) is 59.7 Å². The number of hydrogen-bond donors (Lipinski definition) is 5. The molecule has 2 aromatic carbocycles. The summed E-state index contributed by atoms with van der Waals surface area (Å²) in [7, 11) is 0. The van der Waals surface area contributed by atoms with Crippen LogP contribution in [0.4, 0.5) is 0 Å². The monoisotopic (exact) mass is 370 g/mol. The van der Waals surface area contributed by atoms with E-state index >= 15 is 0 Å². The Morgan fingerprint density at radius 2 is 1.37 bits per heavy atom. The molecule has 0 unspecified atom stereocenters. The molecule has 27 heavy (non-hydrogen) atoms. The molecule has 0 saturated carbocycles. The number of rotatable bonds is 5. The molecule has 0 bridgehead atoms. The first-order chi connectivity index (χ1) is 12.9. The first kappa shape index (κ1) is 19.4. The van der Waals surface area contributed by atoms with Gasteiger partial charge in [0.2, 0.25) is 5.91 Å². The number of nitrogens with one attached hydrogen (secondary N) is 3. The van der Waals surface area contributed by atoms with Crippen molar-refractivity contribution < 1.29 is 24.6 Å². The summed E-state index contributed by atoms with van der Waals surface area (Å²) < 4.78 is 0. The van der Waals surface area contributed by atoms with E-state index in [2.05, 4.69) is 21.4 Å². The van der Waals surface area contributed by atoms with Gasteiger partial charge in [-0.25, -0.2) is 5.43 Å². The number of hydrazone groups is 1. The third-order valence-electron chi connectivity index (χ3n) is 3.38. The first-order valence-corrected chi connectivity index (χ1v) is 7.87. The van der Waals surface area contributed by atoms with Crippen LogP contribution in [0.15, 0.2) is 53.6 Å². The molecule has 0 fully saturated rings. The highest BCUT2D eigenvalue weighted by atomic mass is 16.3. The molecule has 0 aromatic heterocycles. The second-order valence-corrected chi connectivity index (χ2v) is 5.50. The van der Waals surface area contributed by atoms with Crippen LogP contribution in [0.2, 0.25) is 0 Å². The van der Waals surface area contributed by atoms with E-state index in [1.54, 1.807) is 24.3 Å². The second-order valence-electron chi connectivity index (χ2n) is 5.50. The Balaban J connectivity index is 1.83. The molecular formula is C18H18N4O5. The van der Waals surface area contributed by atoms with Gasteiger partial charge in [-0.05, 0) is 31.2 Å². The zero-order valence-corrected chi connectivity index (χ0v) is 14.4. The van der Waals surface area contributed by atoms with Crippen molar-refractivity contribution in [1.82, 2.24) is 16.3 Å². The van der Waals surface area contributed by atoms with Crippen LogP contribution in [0.25, 0.3) is 0 Å². The van der Waals surface area contributed by atoms with Crippen molar-refractivity contribution in [2.75, 3.05) is 0 Å². The lowest BCUT2D eigenvalue weighted by Crippen LogP contribution is -2.42. The minimum atomic E-state index is -0.677. The maximum absolute atomic E-state index is 11.9. The van der Waals surface area contributed by atoms with Gasteiger partial charge in [0.05, 0.1) is 17.5 Å². The quantitative estimate of drug-likeness (QED) is 0.395. The topological polar surface area (TPSA) is 140 Å². The largest absolute Gasteiger partial charge is 0.507 e. The van der Waals surface area contributed by atoms with Crippen molar-refractivity contribution in [1.29, 1.82) is 0 Å². The van der Waals surface area contributed by atoms with Gasteiger partial charge in [-0.15, -0.1) is 0 Å². The Hall–Kier alpha value is -3.88. The number of amides is 3. The fourth-order valence-corrected chi connectivity index (χ4v) is 2.05. The first-order valence-electron chi connectivity index (χ1n) is 7.87. The number of benzene rings is 2. The minimum absolute atomic E-state index is 0.0121. The summed E-state index contributed by atoms with van der Waals surface area (Å²) in [5.41, 5.74) is 6.92. The molecule has 9 heteroatoms. The molecule has 9 nitrogen and oxygen atoms in total. The smallest absolute Gasteiger partial charge is 0.275 e. The summed E-state index contributed by atoms with van der Waals surface area (Å²) in [5.74, 6) is -2.28. The SMILES string of the molecule is C/C(CC(=O)NNC(=O)c1ccccc1O)=N\NC(=O)c1ccccc1O. The fraction of sp³-hybridized carbons (Fsp3) is 0.111. The number of para-hydroxylation sites is 2. The van der Waals surface area contributed by atoms with Gasteiger partial charge >= 0.3 is 0 Å². The number of carbonyl (C=O) groups is 3. The average Bonchev–Trinajstić information content (AvgIpc) is 2.65. The normalized spacial score (nSPS) is 10.8. The maximum Gasteiger partial charge on any atom is 0.275 e. The molecule has 0 atom stereocenters. The van der Waals surface area contributed by atoms with E-state index < -0.39 is 17.7 Å². The van der Waals surface area contributed by atoms with Crippen LogP contribution in [-0.2, 0) is 4.79 Å². The number of carbonyl (C=O) groups excluding carboxylic acids is 3. The van der Waals surface area contributed by atoms with Gasteiger partial charge in [0.25, 0.3) is 11.8 Å². The Labute approximate surface area is 154 Å². The highest BCUT2D eigenvalue weighted by Crippen LogP contribution is 2.15. The second kappa shape index (κ2) is 8.99. The molecular weight excluding hydrogens is 352 g/mol. The van der Waals surface area contributed by atoms with Crippen LogP contribution in [0.5, 0.6) is 11.5 Å². The van der Waals surface area contributed by atoms with Crippen molar-refractivity contribution >= 4 is 23.4 Å². The average molecular weight is 370 g/mol. The molecule has 0 aliphatic rings. The van der Waals surface area contributed by atoms with E-state index in [1.807, 2.05) is 0 Å². The van der Waals surface area contributed by atoms with E-state index in [1.165, 1.54) is 31.2 Å². The van der Waals surface area contributed by atoms with E-state index in [4.69, 9.17) is 0 Å². The lowest BCUT2D eigenvalue weighted by atomic mass is 10.2. The number of hydrogen-bond acceptors (Lipinski definition) is 6. The lowest BCUT2D eigenvalue weighted by molar-refractivity contribution is -0.120. The third-order valence-corrected chi connectivity index (χ3v) is 3.38. The van der Waals surface area contributed by atoms with Crippen LogP contribution in [0.3, 0.4) is 0 Å². The zero-order valence-electron chi connectivity index (χ0n) is 14.4. The third kappa shape index (κ3) is 5.56. The molecule has 140 valence electrons. The van der Waals surface area contributed by atoms with Gasteiger partial charge < -0.3 is 10.2 Å². The van der Waals surface area contributed by atoms with Crippen LogP contribution >= 0.6 is 0 Å². The molecule has 0 radical (unpaired) electrons. The summed E-state index contributed by atoms with van der Waals surface area (Å²) in [6.45, 7) is 1.51. The molecule has 0 saturated heterocycles. The summed E-state index contributed by atoms with van der Waals surface area (Å²) in [5, 5.41) is 22.9. The molecule has 0 aliphatic carbocycles. The van der Waals surface area contributed by atoms with Crippen LogP contribution in [0.1, 0.15) is 34.1 Å². The van der Waals surface area contributed by atoms with Crippen molar-refractivity contribution in [2.24, 2.45) is 5.10 Å². The van der Waals surface area contributed by atoms with Gasteiger partial charge in [-0.1, -0.05) is 24.3 Å². The predicted octanol–water partition coefficient (Wildman–Crippen LogP) is 1.05. The maximum atomic E-state index is 11.9. The van der Waals surface area contributed by atoms with Crippen LogP contribution in [-0.4, -0.2) is 33.6 Å². The molecule has 2 aromatic rings. The number of phenolic OH excluding ortho intramolecular Hbond substituents is 2. The van der Waals surface area contributed by atoms with E-state index in [0.29, 0.717) is 0 Å². The van der Waals surface area contributed by atoms with Gasteiger partial charge in [0, 0.05) is 5.71 Å². The summed E-state index contributed by atoms with van der Waals surface area (Å²) in [6.07, 6.45) is -0.192. The lowest BCUT2D eigenvalue weighted by Gasteiger charge is -2.08. The van der Waals surface area contributed by atoms with E-state index in [-0.39, 0.29) is 34.8 Å². The Morgan fingerprint density at radius 3 is 1.93 bits per heavy atom. The Bertz CT molecular complexity index is 895. The van der Waals surface area contributed by atoms with Crippen molar-refractivity contribution in [3.63, 3.8) is 0 Å². The predicted molar refractivity (Wildman–Crippen MR) is 97.0 cm³/mol. The van der Waals surface area contributed by atoms with Gasteiger partial charge in [-0.2, -0.15) is 5.10 Å². The van der Waals surface area contributed by atoms with Gasteiger partial charge in [0.15, 0.2) is 0 Å². The summed E-state index contributed by atoms with van der Waals surface area (Å²) >= 11 is 0. The molecule has 0 spiro atoms. The van der Waals surface area contributed by atoms with Crippen LogP contribution < -0.4 is 16.3 Å². The molecule has 5 N–H and O–H groups in total. The number of aromatic hydroxyl groups is 2. The Kier molecular flexibility index (Phi) is 6.48. The molecule has 0 aliphatic heterocycles.